The highest BCUT2D eigenvalue weighted by molar-refractivity contribution is 7.13. The van der Waals surface area contributed by atoms with Gasteiger partial charge in [-0.3, -0.25) is 4.79 Å². The van der Waals surface area contributed by atoms with Crippen LogP contribution in [-0.2, 0) is 16.0 Å². The minimum atomic E-state index is -0.180. The molecule has 1 amide bonds. The van der Waals surface area contributed by atoms with E-state index in [1.165, 1.54) is 0 Å². The fourth-order valence-electron chi connectivity index (χ4n) is 2.70. The molecule has 28 heavy (non-hydrogen) atoms. The average molecular weight is 403 g/mol. The number of thiazole rings is 1. The monoisotopic (exact) mass is 402 g/mol. The molecule has 1 N–H and O–H groups in total. The van der Waals surface area contributed by atoms with Crippen molar-refractivity contribution in [2.45, 2.75) is 26.7 Å². The molecule has 7 nitrogen and oxygen atoms in total. The van der Waals surface area contributed by atoms with Crippen molar-refractivity contribution >= 4 is 28.1 Å². The first-order valence-corrected chi connectivity index (χ1v) is 10.4. The second-order valence-electron chi connectivity index (χ2n) is 6.50. The van der Waals surface area contributed by atoms with E-state index < -0.39 is 0 Å². The van der Waals surface area contributed by atoms with Crippen LogP contribution in [0.2, 0.25) is 0 Å². The molecule has 0 unspecified atom stereocenters. The number of amides is 1. The zero-order chi connectivity index (χ0) is 19.8. The van der Waals surface area contributed by atoms with Gasteiger partial charge in [-0.2, -0.15) is 5.10 Å². The van der Waals surface area contributed by atoms with E-state index >= 15 is 0 Å². The molecule has 0 bridgehead atoms. The van der Waals surface area contributed by atoms with E-state index in [2.05, 4.69) is 27.3 Å². The summed E-state index contributed by atoms with van der Waals surface area (Å²) in [6.45, 7) is 7.75. The molecule has 0 atom stereocenters. The summed E-state index contributed by atoms with van der Waals surface area (Å²) < 4.78 is 10.9. The number of hydrogen-bond donors (Lipinski definition) is 1. The number of nitrogens with zero attached hydrogens (tertiary/aromatic N) is 3. The number of carbonyl (C=O) groups excluding carboxylic acids is 1. The molecule has 1 aromatic carbocycles. The third-order valence-electron chi connectivity index (χ3n) is 4.26. The molecule has 3 rings (SSSR count). The molecule has 1 aliphatic rings. The minimum Gasteiger partial charge on any atom is -0.494 e. The number of aromatic nitrogens is 1. The van der Waals surface area contributed by atoms with Crippen LogP contribution in [0.5, 0.6) is 5.75 Å². The minimum absolute atomic E-state index is 0.180. The molecular formula is C20H26N4O3S. The van der Waals surface area contributed by atoms with E-state index in [9.17, 15) is 4.79 Å². The molecule has 2 aromatic rings. The largest absolute Gasteiger partial charge is 0.494 e. The predicted octanol–water partition coefficient (Wildman–Crippen LogP) is 2.85. The smallest absolute Gasteiger partial charge is 0.246 e. The van der Waals surface area contributed by atoms with Crippen LogP contribution < -0.4 is 15.1 Å². The predicted molar refractivity (Wildman–Crippen MR) is 111 cm³/mol. The molecule has 1 saturated heterocycles. The number of rotatable bonds is 8. The van der Waals surface area contributed by atoms with Crippen LogP contribution in [0.3, 0.4) is 0 Å². The Morgan fingerprint density at radius 3 is 2.79 bits per heavy atom. The van der Waals surface area contributed by atoms with E-state index in [4.69, 9.17) is 9.47 Å². The van der Waals surface area contributed by atoms with Crippen LogP contribution in [0.4, 0.5) is 5.13 Å². The average Bonchev–Trinajstić information content (AvgIpc) is 3.20. The zero-order valence-corrected chi connectivity index (χ0v) is 17.1. The molecule has 1 aromatic heterocycles. The van der Waals surface area contributed by atoms with Gasteiger partial charge in [-0.05, 0) is 43.2 Å². The van der Waals surface area contributed by atoms with Gasteiger partial charge in [-0.25, -0.2) is 10.4 Å². The molecule has 0 aliphatic carbocycles. The third kappa shape index (κ3) is 5.77. The third-order valence-corrected chi connectivity index (χ3v) is 5.21. The van der Waals surface area contributed by atoms with Crippen molar-refractivity contribution in [2.75, 3.05) is 37.8 Å². The molecule has 1 aliphatic heterocycles. The Morgan fingerprint density at radius 1 is 1.32 bits per heavy atom. The number of hydrogen-bond acceptors (Lipinski definition) is 7. The lowest BCUT2D eigenvalue weighted by Crippen LogP contribution is -2.36. The maximum absolute atomic E-state index is 12.2. The first-order valence-electron chi connectivity index (χ1n) is 9.49. The number of nitrogens with one attached hydrogen (secondary N) is 1. The number of benzene rings is 1. The highest BCUT2D eigenvalue weighted by atomic mass is 32.1. The van der Waals surface area contributed by atoms with Gasteiger partial charge >= 0.3 is 0 Å². The van der Waals surface area contributed by atoms with Gasteiger partial charge in [0.25, 0.3) is 0 Å². The van der Waals surface area contributed by atoms with Crippen molar-refractivity contribution in [1.82, 2.24) is 10.4 Å². The van der Waals surface area contributed by atoms with Crippen molar-refractivity contribution in [3.8, 4) is 5.75 Å². The standard InChI is InChI=1S/C20H26N4O3S/c1-3-10-27-18-6-4-16(5-7-18)15(2)22-23-19(25)13-17-14-28-20(21-17)24-8-11-26-12-9-24/h4-7,14H,3,8-13H2,1-2H3,(H,23,25)/b22-15-. The first-order chi connectivity index (χ1) is 13.7. The van der Waals surface area contributed by atoms with E-state index in [0.717, 1.165) is 60.6 Å². The van der Waals surface area contributed by atoms with Gasteiger partial charge in [0.05, 0.1) is 37.6 Å². The number of morpholine rings is 1. The topological polar surface area (TPSA) is 76.0 Å². The highest BCUT2D eigenvalue weighted by Gasteiger charge is 2.15. The number of anilines is 1. The van der Waals surface area contributed by atoms with E-state index in [-0.39, 0.29) is 12.3 Å². The van der Waals surface area contributed by atoms with Gasteiger partial charge in [0.1, 0.15) is 5.75 Å². The lowest BCUT2D eigenvalue weighted by molar-refractivity contribution is -0.120. The molecule has 0 saturated carbocycles. The van der Waals surface area contributed by atoms with Crippen molar-refractivity contribution in [2.24, 2.45) is 5.10 Å². The van der Waals surface area contributed by atoms with Gasteiger partial charge in [0, 0.05) is 18.5 Å². The van der Waals surface area contributed by atoms with Gasteiger partial charge in [-0.15, -0.1) is 11.3 Å². The Morgan fingerprint density at radius 2 is 2.07 bits per heavy atom. The Labute approximate surface area is 169 Å². The van der Waals surface area contributed by atoms with Crippen LogP contribution in [0.25, 0.3) is 0 Å². The number of ether oxygens (including phenoxy) is 2. The summed E-state index contributed by atoms with van der Waals surface area (Å²) in [4.78, 5) is 18.9. The second-order valence-corrected chi connectivity index (χ2v) is 7.34. The lowest BCUT2D eigenvalue weighted by Gasteiger charge is -2.26. The van der Waals surface area contributed by atoms with Crippen LogP contribution in [0.1, 0.15) is 31.5 Å². The Bertz CT molecular complexity index is 798. The van der Waals surface area contributed by atoms with Gasteiger partial charge in [-0.1, -0.05) is 6.92 Å². The summed E-state index contributed by atoms with van der Waals surface area (Å²) in [5.74, 6) is 0.656. The fraction of sp³-hybridized carbons (Fsp3) is 0.450. The summed E-state index contributed by atoms with van der Waals surface area (Å²) in [5.41, 5.74) is 5.05. The molecule has 0 spiro atoms. The van der Waals surface area contributed by atoms with Gasteiger partial charge < -0.3 is 14.4 Å². The summed E-state index contributed by atoms with van der Waals surface area (Å²) in [5, 5.41) is 7.07. The van der Waals surface area contributed by atoms with E-state index in [1.54, 1.807) is 11.3 Å². The Hall–Kier alpha value is -2.45. The van der Waals surface area contributed by atoms with Gasteiger partial charge in [0.2, 0.25) is 5.91 Å². The highest BCUT2D eigenvalue weighted by Crippen LogP contribution is 2.21. The second kappa shape index (κ2) is 10.2. The summed E-state index contributed by atoms with van der Waals surface area (Å²) >= 11 is 1.56. The Balaban J connectivity index is 1.51. The van der Waals surface area contributed by atoms with Crippen molar-refractivity contribution < 1.29 is 14.3 Å². The maximum atomic E-state index is 12.2. The summed E-state index contributed by atoms with van der Waals surface area (Å²) in [6.07, 6.45) is 1.18. The van der Waals surface area contributed by atoms with Crippen LogP contribution in [0, 0.1) is 0 Å². The summed E-state index contributed by atoms with van der Waals surface area (Å²) in [6, 6.07) is 7.69. The molecule has 2 heterocycles. The molecular weight excluding hydrogens is 376 g/mol. The maximum Gasteiger partial charge on any atom is 0.246 e. The molecule has 0 radical (unpaired) electrons. The van der Waals surface area contributed by atoms with E-state index in [0.29, 0.717) is 6.61 Å². The van der Waals surface area contributed by atoms with Crippen molar-refractivity contribution in [3.63, 3.8) is 0 Å². The number of carbonyl (C=O) groups is 1. The number of hydrazone groups is 1. The van der Waals surface area contributed by atoms with Crippen LogP contribution in [0.15, 0.2) is 34.7 Å². The molecule has 1 fully saturated rings. The van der Waals surface area contributed by atoms with Crippen molar-refractivity contribution in [3.05, 3.63) is 40.9 Å². The van der Waals surface area contributed by atoms with Crippen molar-refractivity contribution in [1.29, 1.82) is 0 Å². The Kier molecular flexibility index (Phi) is 7.39. The van der Waals surface area contributed by atoms with Crippen LogP contribution >= 0.6 is 11.3 Å². The lowest BCUT2D eigenvalue weighted by atomic mass is 10.1. The van der Waals surface area contributed by atoms with E-state index in [1.807, 2.05) is 36.6 Å². The fourth-order valence-corrected chi connectivity index (χ4v) is 3.58. The molecule has 150 valence electrons. The SMILES string of the molecule is CCCOc1ccc(/C(C)=N\NC(=O)Cc2csc(N3CCOCC3)n2)cc1. The van der Waals surface area contributed by atoms with Gasteiger partial charge in [0.15, 0.2) is 5.13 Å². The van der Waals surface area contributed by atoms with Crippen LogP contribution in [-0.4, -0.2) is 49.5 Å². The zero-order valence-electron chi connectivity index (χ0n) is 16.3. The molecule has 8 heteroatoms. The quantitative estimate of drug-likeness (QED) is 0.543. The summed E-state index contributed by atoms with van der Waals surface area (Å²) in [7, 11) is 0. The first kappa shape index (κ1) is 20.3. The normalized spacial score (nSPS) is 14.8.